The van der Waals surface area contributed by atoms with Crippen molar-refractivity contribution >= 4 is 23.2 Å². The molecule has 1 aromatic carbocycles. The standard InChI is InChI=1S/C13H12Cl2N2/c1-16-13(9-3-2-6-17-8-9)11-7-10(14)4-5-12(11)15/h2-8,13,16H,1H3. The van der Waals surface area contributed by atoms with Crippen molar-refractivity contribution in [2.24, 2.45) is 0 Å². The van der Waals surface area contributed by atoms with Crippen LogP contribution in [0.5, 0.6) is 0 Å². The van der Waals surface area contributed by atoms with E-state index in [1.165, 1.54) is 0 Å². The summed E-state index contributed by atoms with van der Waals surface area (Å²) in [6.45, 7) is 0. The quantitative estimate of drug-likeness (QED) is 0.917. The Hall–Kier alpha value is -1.09. The minimum Gasteiger partial charge on any atom is -0.309 e. The van der Waals surface area contributed by atoms with Crippen LogP contribution < -0.4 is 5.32 Å². The second-order valence-electron chi connectivity index (χ2n) is 3.67. The van der Waals surface area contributed by atoms with Gasteiger partial charge in [-0.3, -0.25) is 4.98 Å². The number of hydrogen-bond donors (Lipinski definition) is 1. The number of aromatic nitrogens is 1. The molecule has 0 aliphatic heterocycles. The molecule has 0 aliphatic carbocycles. The molecule has 1 heterocycles. The molecule has 17 heavy (non-hydrogen) atoms. The van der Waals surface area contributed by atoms with E-state index in [2.05, 4.69) is 10.3 Å². The number of pyridine rings is 1. The fourth-order valence-electron chi connectivity index (χ4n) is 1.78. The summed E-state index contributed by atoms with van der Waals surface area (Å²) in [7, 11) is 1.88. The summed E-state index contributed by atoms with van der Waals surface area (Å²) >= 11 is 12.2. The monoisotopic (exact) mass is 266 g/mol. The highest BCUT2D eigenvalue weighted by atomic mass is 35.5. The number of benzene rings is 1. The van der Waals surface area contributed by atoms with Gasteiger partial charge in [0.15, 0.2) is 0 Å². The first kappa shape index (κ1) is 12.4. The Morgan fingerprint density at radius 2 is 2.06 bits per heavy atom. The molecular weight excluding hydrogens is 255 g/mol. The van der Waals surface area contributed by atoms with Gasteiger partial charge in [-0.15, -0.1) is 0 Å². The molecule has 0 bridgehead atoms. The zero-order chi connectivity index (χ0) is 12.3. The summed E-state index contributed by atoms with van der Waals surface area (Å²) in [6.07, 6.45) is 3.56. The Bertz CT molecular complexity index is 500. The van der Waals surface area contributed by atoms with E-state index in [1.54, 1.807) is 18.3 Å². The van der Waals surface area contributed by atoms with Crippen LogP contribution in [-0.2, 0) is 0 Å². The topological polar surface area (TPSA) is 24.9 Å². The Morgan fingerprint density at radius 1 is 1.24 bits per heavy atom. The van der Waals surface area contributed by atoms with E-state index in [9.17, 15) is 0 Å². The zero-order valence-electron chi connectivity index (χ0n) is 9.32. The van der Waals surface area contributed by atoms with E-state index in [4.69, 9.17) is 23.2 Å². The third-order valence-corrected chi connectivity index (χ3v) is 3.15. The zero-order valence-corrected chi connectivity index (χ0v) is 10.8. The van der Waals surface area contributed by atoms with Crippen LogP contribution in [0.15, 0.2) is 42.7 Å². The lowest BCUT2D eigenvalue weighted by atomic mass is 10.0. The van der Waals surface area contributed by atoms with Gasteiger partial charge in [0.05, 0.1) is 6.04 Å². The van der Waals surface area contributed by atoms with Gasteiger partial charge in [0, 0.05) is 22.4 Å². The van der Waals surface area contributed by atoms with Gasteiger partial charge in [0.1, 0.15) is 0 Å². The van der Waals surface area contributed by atoms with E-state index in [-0.39, 0.29) is 6.04 Å². The van der Waals surface area contributed by atoms with Gasteiger partial charge in [0.25, 0.3) is 0 Å². The average molecular weight is 267 g/mol. The number of nitrogens with one attached hydrogen (secondary N) is 1. The highest BCUT2D eigenvalue weighted by Gasteiger charge is 2.15. The fourth-order valence-corrected chi connectivity index (χ4v) is 2.19. The summed E-state index contributed by atoms with van der Waals surface area (Å²) in [5.41, 5.74) is 2.01. The predicted octanol–water partition coefficient (Wildman–Crippen LogP) is 3.70. The fraction of sp³-hybridized carbons (Fsp3) is 0.154. The van der Waals surface area contributed by atoms with Crippen molar-refractivity contribution in [2.75, 3.05) is 7.05 Å². The van der Waals surface area contributed by atoms with E-state index < -0.39 is 0 Å². The molecule has 88 valence electrons. The maximum Gasteiger partial charge on any atom is 0.0604 e. The highest BCUT2D eigenvalue weighted by molar-refractivity contribution is 6.33. The second-order valence-corrected chi connectivity index (χ2v) is 4.52. The average Bonchev–Trinajstić information content (AvgIpc) is 2.36. The lowest BCUT2D eigenvalue weighted by Gasteiger charge is -2.18. The Kier molecular flexibility index (Phi) is 4.00. The van der Waals surface area contributed by atoms with E-state index >= 15 is 0 Å². The molecule has 1 N–H and O–H groups in total. The molecule has 0 radical (unpaired) electrons. The van der Waals surface area contributed by atoms with Crippen LogP contribution in [0.3, 0.4) is 0 Å². The molecule has 1 aromatic heterocycles. The van der Waals surface area contributed by atoms with Gasteiger partial charge in [-0.05, 0) is 42.4 Å². The molecule has 1 atom stereocenters. The van der Waals surface area contributed by atoms with Crippen molar-refractivity contribution in [3.05, 3.63) is 63.9 Å². The molecule has 0 spiro atoms. The van der Waals surface area contributed by atoms with Gasteiger partial charge >= 0.3 is 0 Å². The molecule has 4 heteroatoms. The molecular formula is C13H12Cl2N2. The Balaban J connectivity index is 2.46. The van der Waals surface area contributed by atoms with Crippen LogP contribution >= 0.6 is 23.2 Å². The Morgan fingerprint density at radius 3 is 2.71 bits per heavy atom. The lowest BCUT2D eigenvalue weighted by Crippen LogP contribution is -2.18. The van der Waals surface area contributed by atoms with Gasteiger partial charge in [-0.2, -0.15) is 0 Å². The highest BCUT2D eigenvalue weighted by Crippen LogP contribution is 2.29. The summed E-state index contributed by atoms with van der Waals surface area (Å²) in [4.78, 5) is 4.12. The maximum absolute atomic E-state index is 6.20. The normalized spacial score (nSPS) is 12.4. The second kappa shape index (κ2) is 5.50. The van der Waals surface area contributed by atoms with Crippen molar-refractivity contribution in [2.45, 2.75) is 6.04 Å². The summed E-state index contributed by atoms with van der Waals surface area (Å²) in [6, 6.07) is 9.36. The predicted molar refractivity (Wildman–Crippen MR) is 71.6 cm³/mol. The molecule has 0 aliphatic rings. The SMILES string of the molecule is CNC(c1cccnc1)c1cc(Cl)ccc1Cl. The van der Waals surface area contributed by atoms with Crippen LogP contribution in [0.2, 0.25) is 10.0 Å². The number of halogens is 2. The van der Waals surface area contributed by atoms with Crippen molar-refractivity contribution in [1.29, 1.82) is 0 Å². The first-order valence-corrected chi connectivity index (χ1v) is 6.00. The van der Waals surface area contributed by atoms with Crippen LogP contribution in [-0.4, -0.2) is 12.0 Å². The van der Waals surface area contributed by atoms with E-state index in [0.29, 0.717) is 10.0 Å². The largest absolute Gasteiger partial charge is 0.309 e. The van der Waals surface area contributed by atoms with Gasteiger partial charge in [-0.1, -0.05) is 29.3 Å². The minimum atomic E-state index is -0.00472. The molecule has 2 aromatic rings. The van der Waals surface area contributed by atoms with Crippen molar-refractivity contribution in [3.8, 4) is 0 Å². The Labute approximate surface area is 111 Å². The van der Waals surface area contributed by atoms with Crippen molar-refractivity contribution in [3.63, 3.8) is 0 Å². The summed E-state index contributed by atoms with van der Waals surface area (Å²) in [5.74, 6) is 0. The summed E-state index contributed by atoms with van der Waals surface area (Å²) in [5, 5.41) is 4.59. The third-order valence-electron chi connectivity index (χ3n) is 2.58. The van der Waals surface area contributed by atoms with Gasteiger partial charge < -0.3 is 5.32 Å². The third kappa shape index (κ3) is 2.78. The molecule has 0 saturated heterocycles. The molecule has 2 nitrogen and oxygen atoms in total. The molecule has 1 unspecified atom stereocenters. The number of nitrogens with zero attached hydrogens (tertiary/aromatic N) is 1. The van der Waals surface area contributed by atoms with Crippen LogP contribution in [0.25, 0.3) is 0 Å². The van der Waals surface area contributed by atoms with Crippen LogP contribution in [0, 0.1) is 0 Å². The van der Waals surface area contributed by atoms with Crippen molar-refractivity contribution in [1.82, 2.24) is 10.3 Å². The van der Waals surface area contributed by atoms with Gasteiger partial charge in [-0.25, -0.2) is 0 Å². The first-order chi connectivity index (χ1) is 8.22. The van der Waals surface area contributed by atoms with Gasteiger partial charge in [0.2, 0.25) is 0 Å². The lowest BCUT2D eigenvalue weighted by molar-refractivity contribution is 0.689. The molecule has 0 fully saturated rings. The maximum atomic E-state index is 6.20. The van der Waals surface area contributed by atoms with E-state index in [0.717, 1.165) is 11.1 Å². The van der Waals surface area contributed by atoms with Crippen molar-refractivity contribution < 1.29 is 0 Å². The number of hydrogen-bond acceptors (Lipinski definition) is 2. The first-order valence-electron chi connectivity index (χ1n) is 5.24. The molecule has 2 rings (SSSR count). The smallest absolute Gasteiger partial charge is 0.0604 e. The van der Waals surface area contributed by atoms with Crippen LogP contribution in [0.4, 0.5) is 0 Å². The number of rotatable bonds is 3. The molecule has 0 amide bonds. The summed E-state index contributed by atoms with van der Waals surface area (Å²) < 4.78 is 0. The minimum absolute atomic E-state index is 0.00472. The van der Waals surface area contributed by atoms with Crippen LogP contribution in [0.1, 0.15) is 17.2 Å². The molecule has 0 saturated carbocycles. The van der Waals surface area contributed by atoms with E-state index in [1.807, 2.05) is 31.4 Å².